The molecule has 8 heteroatoms. The fraction of sp³-hybridized carbons (Fsp3) is 0.111. The average molecular weight is 487 g/mol. The first-order chi connectivity index (χ1) is 16.9. The summed E-state index contributed by atoms with van der Waals surface area (Å²) < 4.78 is 10.8. The van der Waals surface area contributed by atoms with Gasteiger partial charge in [0.15, 0.2) is 11.5 Å². The Morgan fingerprint density at radius 2 is 1.66 bits per heavy atom. The number of amides is 2. The lowest BCUT2D eigenvalue weighted by Gasteiger charge is -2.14. The van der Waals surface area contributed by atoms with Gasteiger partial charge in [-0.05, 0) is 53.6 Å². The quantitative estimate of drug-likeness (QED) is 0.153. The summed E-state index contributed by atoms with van der Waals surface area (Å²) in [6.07, 6.45) is 1.51. The highest BCUT2D eigenvalue weighted by Crippen LogP contribution is 2.31. The maximum atomic E-state index is 12.5. The fourth-order valence-corrected chi connectivity index (χ4v) is 3.78. The van der Waals surface area contributed by atoms with E-state index in [4.69, 9.17) is 21.1 Å². The molecule has 2 amide bonds. The van der Waals surface area contributed by atoms with E-state index in [2.05, 4.69) is 6.07 Å². The van der Waals surface area contributed by atoms with Crippen molar-refractivity contribution in [1.29, 1.82) is 5.26 Å². The van der Waals surface area contributed by atoms with Gasteiger partial charge < -0.3 is 9.47 Å². The summed E-state index contributed by atoms with van der Waals surface area (Å²) in [5, 5.41) is 10.1. The molecule has 0 aliphatic carbocycles. The molecule has 3 aromatic rings. The second-order valence-corrected chi connectivity index (χ2v) is 8.06. The van der Waals surface area contributed by atoms with Gasteiger partial charge in [0, 0.05) is 11.6 Å². The van der Waals surface area contributed by atoms with E-state index in [1.54, 1.807) is 72.8 Å². The van der Waals surface area contributed by atoms with Crippen LogP contribution < -0.4 is 9.47 Å². The maximum Gasteiger partial charge on any atom is 0.313 e. The third-order valence-corrected chi connectivity index (χ3v) is 5.67. The van der Waals surface area contributed by atoms with Crippen LogP contribution in [0.1, 0.15) is 38.3 Å². The van der Waals surface area contributed by atoms with Crippen molar-refractivity contribution in [3.8, 4) is 17.6 Å². The number of hydrogen-bond donors (Lipinski definition) is 0. The summed E-state index contributed by atoms with van der Waals surface area (Å²) in [6.45, 7) is -0.0963. The molecule has 0 aromatic heterocycles. The van der Waals surface area contributed by atoms with Crippen LogP contribution in [0.5, 0.6) is 11.5 Å². The van der Waals surface area contributed by atoms with Crippen LogP contribution in [0.15, 0.2) is 66.7 Å². The molecule has 7 nitrogen and oxygen atoms in total. The number of ether oxygens (including phenoxy) is 2. The summed E-state index contributed by atoms with van der Waals surface area (Å²) in [5.41, 5.74) is 2.45. The van der Waals surface area contributed by atoms with Gasteiger partial charge in [-0.2, -0.15) is 5.26 Å². The maximum absolute atomic E-state index is 12.5. The highest BCUT2D eigenvalue weighted by atomic mass is 35.5. The van der Waals surface area contributed by atoms with Gasteiger partial charge in [-0.3, -0.25) is 19.3 Å². The molecule has 3 aromatic carbocycles. The normalized spacial score (nSPS) is 12.8. The van der Waals surface area contributed by atoms with E-state index in [0.717, 1.165) is 4.90 Å². The van der Waals surface area contributed by atoms with Crippen molar-refractivity contribution in [3.05, 3.63) is 94.0 Å². The van der Waals surface area contributed by atoms with Crippen molar-refractivity contribution in [2.45, 2.75) is 6.42 Å². The number of benzene rings is 3. The van der Waals surface area contributed by atoms with E-state index in [0.29, 0.717) is 38.6 Å². The zero-order valence-electron chi connectivity index (χ0n) is 18.7. The fourth-order valence-electron chi connectivity index (χ4n) is 3.65. The van der Waals surface area contributed by atoms with Crippen molar-refractivity contribution in [1.82, 2.24) is 4.90 Å². The molecule has 0 fully saturated rings. The molecule has 0 saturated carbocycles. The van der Waals surface area contributed by atoms with Crippen molar-refractivity contribution in [2.24, 2.45) is 0 Å². The van der Waals surface area contributed by atoms with E-state index in [1.807, 2.05) is 0 Å². The first-order valence-electron chi connectivity index (χ1n) is 10.6. The first kappa shape index (κ1) is 23.7. The highest BCUT2D eigenvalue weighted by molar-refractivity contribution is 6.30. The molecule has 1 aliphatic rings. The molecule has 174 valence electrons. The first-order valence-corrected chi connectivity index (χ1v) is 11.0. The van der Waals surface area contributed by atoms with E-state index in [9.17, 15) is 19.6 Å². The number of hydrogen-bond acceptors (Lipinski definition) is 6. The molecule has 0 spiro atoms. The van der Waals surface area contributed by atoms with Crippen LogP contribution in [-0.4, -0.2) is 36.3 Å². The number of halogens is 1. The number of rotatable bonds is 7. The third kappa shape index (κ3) is 5.08. The number of nitrogens with zero attached hydrogens (tertiary/aromatic N) is 2. The van der Waals surface area contributed by atoms with Gasteiger partial charge in [0.05, 0.1) is 36.3 Å². The second-order valence-electron chi connectivity index (χ2n) is 7.62. The minimum Gasteiger partial charge on any atom is -0.493 e. The van der Waals surface area contributed by atoms with Crippen LogP contribution in [0.3, 0.4) is 0 Å². The van der Waals surface area contributed by atoms with Gasteiger partial charge in [-0.25, -0.2) is 0 Å². The topological polar surface area (TPSA) is 96.7 Å². The zero-order chi connectivity index (χ0) is 24.9. The van der Waals surface area contributed by atoms with Crippen LogP contribution in [0.4, 0.5) is 0 Å². The van der Waals surface area contributed by atoms with E-state index in [-0.39, 0.29) is 18.7 Å². The summed E-state index contributed by atoms with van der Waals surface area (Å²) in [5.74, 6) is -1.01. The van der Waals surface area contributed by atoms with Crippen LogP contribution in [0.25, 0.3) is 11.6 Å². The van der Waals surface area contributed by atoms with Gasteiger partial charge in [0.1, 0.15) is 0 Å². The minimum absolute atomic E-state index is 0.0963. The predicted molar refractivity (Wildman–Crippen MR) is 130 cm³/mol. The SMILES string of the molecule is COc1cc(C=C(C#N)c2ccc(Cl)cc2)ccc1OC(=O)CCN1C(=O)c2ccccc2C1=O. The van der Waals surface area contributed by atoms with Gasteiger partial charge in [-0.15, -0.1) is 0 Å². The molecule has 0 N–H and O–H groups in total. The van der Waals surface area contributed by atoms with Crippen molar-refractivity contribution >= 4 is 41.0 Å². The van der Waals surface area contributed by atoms with Gasteiger partial charge >= 0.3 is 5.97 Å². The Morgan fingerprint density at radius 1 is 1.00 bits per heavy atom. The largest absolute Gasteiger partial charge is 0.493 e. The lowest BCUT2D eigenvalue weighted by atomic mass is 10.0. The lowest BCUT2D eigenvalue weighted by Crippen LogP contribution is -2.32. The van der Waals surface area contributed by atoms with Gasteiger partial charge in [-0.1, -0.05) is 41.9 Å². The Hall–Kier alpha value is -4.41. The molecular weight excluding hydrogens is 468 g/mol. The van der Waals surface area contributed by atoms with Crippen molar-refractivity contribution in [2.75, 3.05) is 13.7 Å². The van der Waals surface area contributed by atoms with Gasteiger partial charge in [0.2, 0.25) is 0 Å². The number of methoxy groups -OCH3 is 1. The number of allylic oxidation sites excluding steroid dienone is 1. The molecule has 0 bridgehead atoms. The van der Waals surface area contributed by atoms with E-state index >= 15 is 0 Å². The van der Waals surface area contributed by atoms with E-state index in [1.165, 1.54) is 7.11 Å². The van der Waals surface area contributed by atoms with E-state index < -0.39 is 17.8 Å². The number of esters is 1. The second kappa shape index (κ2) is 10.2. The molecule has 4 rings (SSSR count). The Labute approximate surface area is 206 Å². The molecule has 0 radical (unpaired) electrons. The Kier molecular flexibility index (Phi) is 6.95. The van der Waals surface area contributed by atoms with Crippen molar-refractivity contribution < 1.29 is 23.9 Å². The molecule has 1 heterocycles. The summed E-state index contributed by atoms with van der Waals surface area (Å²) in [4.78, 5) is 38.4. The number of fused-ring (bicyclic) bond motifs is 1. The number of carbonyl (C=O) groups is 3. The number of nitriles is 1. The van der Waals surface area contributed by atoms with Crippen LogP contribution in [0.2, 0.25) is 5.02 Å². The molecule has 35 heavy (non-hydrogen) atoms. The summed E-state index contributed by atoms with van der Waals surface area (Å²) >= 11 is 5.92. The molecule has 0 saturated heterocycles. The lowest BCUT2D eigenvalue weighted by molar-refractivity contribution is -0.134. The molecule has 1 aliphatic heterocycles. The standard InChI is InChI=1S/C27H19ClN2O5/c1-34-24-15-17(14-19(16-29)18-7-9-20(28)10-8-18)6-11-23(24)35-25(31)12-13-30-26(32)21-4-2-3-5-22(21)27(30)33/h2-11,14-15H,12-13H2,1H3. The molecule has 0 atom stereocenters. The average Bonchev–Trinajstić information content (AvgIpc) is 3.12. The number of carbonyl (C=O) groups excluding carboxylic acids is 3. The molecular formula is C27H19ClN2O5. The summed E-state index contributed by atoms with van der Waals surface area (Å²) in [7, 11) is 1.43. The van der Waals surface area contributed by atoms with Crippen LogP contribution in [-0.2, 0) is 4.79 Å². The van der Waals surface area contributed by atoms with Crippen LogP contribution >= 0.6 is 11.6 Å². The molecule has 0 unspecified atom stereocenters. The Balaban J connectivity index is 1.44. The summed E-state index contributed by atoms with van der Waals surface area (Å²) in [6, 6.07) is 20.5. The Morgan fingerprint density at radius 3 is 2.26 bits per heavy atom. The third-order valence-electron chi connectivity index (χ3n) is 5.42. The predicted octanol–water partition coefficient (Wildman–Crippen LogP) is 5.00. The number of imide groups is 1. The van der Waals surface area contributed by atoms with Crippen LogP contribution in [0, 0.1) is 11.3 Å². The zero-order valence-corrected chi connectivity index (χ0v) is 19.4. The Bertz CT molecular complexity index is 1350. The van der Waals surface area contributed by atoms with Crippen molar-refractivity contribution in [3.63, 3.8) is 0 Å². The smallest absolute Gasteiger partial charge is 0.313 e. The minimum atomic E-state index is -0.623. The monoisotopic (exact) mass is 486 g/mol. The highest BCUT2D eigenvalue weighted by Gasteiger charge is 2.35. The van der Waals surface area contributed by atoms with Gasteiger partial charge in [0.25, 0.3) is 11.8 Å².